The fraction of sp³-hybridized carbons (Fsp3) is 0.457. The van der Waals surface area contributed by atoms with Crippen LogP contribution >= 0.6 is 0 Å². The summed E-state index contributed by atoms with van der Waals surface area (Å²) in [5.41, 5.74) is 3.87. The molecule has 0 bridgehead atoms. The normalized spacial score (nSPS) is 20.8. The topological polar surface area (TPSA) is 122 Å². The van der Waals surface area contributed by atoms with E-state index in [1.807, 2.05) is 49.4 Å². The Morgan fingerprint density at radius 1 is 1.09 bits per heavy atom. The van der Waals surface area contributed by atoms with E-state index in [2.05, 4.69) is 11.0 Å². The van der Waals surface area contributed by atoms with Crippen molar-refractivity contribution in [1.29, 1.82) is 5.26 Å². The minimum absolute atomic E-state index is 0.00923. The van der Waals surface area contributed by atoms with Crippen LogP contribution in [0, 0.1) is 18.3 Å². The van der Waals surface area contributed by atoms with Gasteiger partial charge in [0.15, 0.2) is 0 Å². The van der Waals surface area contributed by atoms with Gasteiger partial charge in [-0.05, 0) is 67.3 Å². The van der Waals surface area contributed by atoms with E-state index in [9.17, 15) is 18.8 Å². The van der Waals surface area contributed by atoms with Gasteiger partial charge in [0.25, 0.3) is 0 Å². The molecule has 46 heavy (non-hydrogen) atoms. The molecule has 11 heteroatoms. The van der Waals surface area contributed by atoms with E-state index in [-0.39, 0.29) is 30.4 Å². The van der Waals surface area contributed by atoms with Crippen LogP contribution < -0.4 is 14.4 Å². The molecule has 3 aromatic carbocycles. The third-order valence-electron chi connectivity index (χ3n) is 8.78. The predicted octanol–water partition coefficient (Wildman–Crippen LogP) is 4.65. The fourth-order valence-electron chi connectivity index (χ4n) is 6.29. The molecule has 3 aromatic rings. The molecule has 4 atom stereocenters. The highest BCUT2D eigenvalue weighted by Crippen LogP contribution is 2.39. The number of rotatable bonds is 13. The summed E-state index contributed by atoms with van der Waals surface area (Å²) < 4.78 is 52.8. The molecule has 2 aliphatic rings. The number of piperidine rings is 1. The number of methoxy groups -OCH3 is 2. The predicted molar refractivity (Wildman–Crippen MR) is 175 cm³/mol. The first-order valence-corrected chi connectivity index (χ1v) is 17.1. The van der Waals surface area contributed by atoms with Gasteiger partial charge in [0.1, 0.15) is 24.2 Å². The number of hydrogen-bond donors (Lipinski definition) is 1. The Hall–Kier alpha value is -3.66. The molecule has 1 fully saturated rings. The lowest BCUT2D eigenvalue weighted by atomic mass is 9.82. The Morgan fingerprint density at radius 3 is 2.54 bits per heavy atom. The third-order valence-corrected chi connectivity index (χ3v) is 10.7. The monoisotopic (exact) mass is 649 g/mol. The lowest BCUT2D eigenvalue weighted by Crippen LogP contribution is -2.53. The number of nitriles is 1. The van der Waals surface area contributed by atoms with Crippen LogP contribution in [0.5, 0.6) is 11.5 Å². The fourth-order valence-corrected chi connectivity index (χ4v) is 7.95. The maximum Gasteiger partial charge on any atom is 0.243 e. The Labute approximate surface area is 272 Å². The molecule has 1 saturated heterocycles. The van der Waals surface area contributed by atoms with Crippen molar-refractivity contribution in [1.82, 2.24) is 4.31 Å². The van der Waals surface area contributed by atoms with Gasteiger partial charge < -0.3 is 29.0 Å². The van der Waals surface area contributed by atoms with Crippen molar-refractivity contribution in [3.8, 4) is 17.6 Å². The quantitative estimate of drug-likeness (QED) is 0.208. The van der Waals surface area contributed by atoms with Crippen molar-refractivity contribution >= 4 is 15.7 Å². The lowest BCUT2D eigenvalue weighted by Gasteiger charge is -2.43. The van der Waals surface area contributed by atoms with Crippen molar-refractivity contribution < 1.29 is 32.5 Å². The Balaban J connectivity index is 1.45. The molecule has 1 N–H and O–H groups in total. The summed E-state index contributed by atoms with van der Waals surface area (Å²) in [5.74, 6) is 1.34. The van der Waals surface area contributed by atoms with Gasteiger partial charge in [0, 0.05) is 45.2 Å². The smallest absolute Gasteiger partial charge is 0.243 e. The second-order valence-corrected chi connectivity index (χ2v) is 13.8. The van der Waals surface area contributed by atoms with Gasteiger partial charge >= 0.3 is 0 Å². The van der Waals surface area contributed by atoms with Gasteiger partial charge in [-0.25, -0.2) is 8.42 Å². The number of aliphatic hydroxyl groups is 1. The Bertz CT molecular complexity index is 1590. The SMILES string of the molecule is COCCCN1CCOc2ccc(CO[C@H]3CN(S(=O)(=O)c4ccc(C)cc4)[C@@H](C[C@@H](O)C#N)C[C@@H]3c3ccc(OC)cc3)cc21. The van der Waals surface area contributed by atoms with Gasteiger partial charge in [-0.3, -0.25) is 0 Å². The van der Waals surface area contributed by atoms with Gasteiger partial charge in [-0.1, -0.05) is 35.9 Å². The van der Waals surface area contributed by atoms with Crippen LogP contribution in [0.3, 0.4) is 0 Å². The van der Waals surface area contributed by atoms with Crippen LogP contribution in [-0.2, 0) is 26.1 Å². The molecule has 0 aliphatic carbocycles. The summed E-state index contributed by atoms with van der Waals surface area (Å²) in [5, 5.41) is 19.8. The highest BCUT2D eigenvalue weighted by atomic mass is 32.2. The van der Waals surface area contributed by atoms with Crippen molar-refractivity contribution in [3.05, 3.63) is 83.4 Å². The van der Waals surface area contributed by atoms with E-state index < -0.39 is 28.3 Å². The average molecular weight is 650 g/mol. The van der Waals surface area contributed by atoms with Crippen LogP contribution in [-0.4, -0.2) is 83.1 Å². The van der Waals surface area contributed by atoms with Crippen LogP contribution in [0.15, 0.2) is 71.6 Å². The Kier molecular flexibility index (Phi) is 11.2. The van der Waals surface area contributed by atoms with Gasteiger partial charge in [0.2, 0.25) is 10.0 Å². The molecule has 10 nitrogen and oxygen atoms in total. The first kappa shape index (κ1) is 33.7. The summed E-state index contributed by atoms with van der Waals surface area (Å²) in [6.45, 7) is 5.15. The summed E-state index contributed by atoms with van der Waals surface area (Å²) in [4.78, 5) is 2.46. The highest BCUT2D eigenvalue weighted by Gasteiger charge is 2.43. The third kappa shape index (κ3) is 7.82. The van der Waals surface area contributed by atoms with Crippen molar-refractivity contribution in [2.75, 3.05) is 52.0 Å². The van der Waals surface area contributed by atoms with E-state index in [0.717, 1.165) is 47.6 Å². The van der Waals surface area contributed by atoms with E-state index in [1.54, 1.807) is 38.5 Å². The lowest BCUT2D eigenvalue weighted by molar-refractivity contribution is -0.0242. The van der Waals surface area contributed by atoms with Crippen molar-refractivity contribution in [3.63, 3.8) is 0 Å². The second-order valence-electron chi connectivity index (χ2n) is 11.9. The minimum atomic E-state index is -3.97. The number of fused-ring (bicyclic) bond motifs is 1. The molecule has 0 aromatic heterocycles. The zero-order valence-corrected chi connectivity index (χ0v) is 27.5. The molecule has 2 heterocycles. The number of sulfonamides is 1. The molecule has 0 radical (unpaired) electrons. The molecule has 0 spiro atoms. The largest absolute Gasteiger partial charge is 0.497 e. The first-order valence-electron chi connectivity index (χ1n) is 15.6. The van der Waals surface area contributed by atoms with E-state index >= 15 is 0 Å². The molecular weight excluding hydrogens is 606 g/mol. The molecule has 0 unspecified atom stereocenters. The average Bonchev–Trinajstić information content (AvgIpc) is 3.07. The van der Waals surface area contributed by atoms with Crippen LogP contribution in [0.2, 0.25) is 0 Å². The van der Waals surface area contributed by atoms with E-state index in [0.29, 0.717) is 25.4 Å². The van der Waals surface area contributed by atoms with Crippen molar-refractivity contribution in [2.24, 2.45) is 0 Å². The van der Waals surface area contributed by atoms with Crippen LogP contribution in [0.4, 0.5) is 5.69 Å². The van der Waals surface area contributed by atoms with Gasteiger partial charge in [-0.2, -0.15) is 9.57 Å². The van der Waals surface area contributed by atoms with Crippen LogP contribution in [0.1, 0.15) is 41.9 Å². The second kappa shape index (κ2) is 15.3. The summed E-state index contributed by atoms with van der Waals surface area (Å²) in [7, 11) is -0.654. The van der Waals surface area contributed by atoms with E-state index in [4.69, 9.17) is 18.9 Å². The number of nitrogens with zero attached hydrogens (tertiary/aromatic N) is 3. The number of anilines is 1. The number of aryl methyl sites for hydroxylation is 1. The number of benzene rings is 3. The molecular formula is C35H43N3O7S. The van der Waals surface area contributed by atoms with Crippen molar-refractivity contribution in [2.45, 2.75) is 61.9 Å². The molecule has 5 rings (SSSR count). The summed E-state index contributed by atoms with van der Waals surface area (Å²) >= 11 is 0. The molecule has 246 valence electrons. The number of hydrogen-bond acceptors (Lipinski definition) is 9. The molecule has 0 amide bonds. The van der Waals surface area contributed by atoms with Gasteiger partial charge in [0.05, 0.1) is 43.0 Å². The number of aliphatic hydroxyl groups excluding tert-OH is 1. The molecule has 2 aliphatic heterocycles. The zero-order chi connectivity index (χ0) is 32.7. The maximum absolute atomic E-state index is 14.1. The molecule has 0 saturated carbocycles. The zero-order valence-electron chi connectivity index (χ0n) is 26.7. The summed E-state index contributed by atoms with van der Waals surface area (Å²) in [6, 6.07) is 21.7. The maximum atomic E-state index is 14.1. The van der Waals surface area contributed by atoms with Crippen LogP contribution in [0.25, 0.3) is 0 Å². The van der Waals surface area contributed by atoms with Gasteiger partial charge in [-0.15, -0.1) is 0 Å². The Morgan fingerprint density at radius 2 is 1.85 bits per heavy atom. The standard InChI is InChI=1S/C35H43N3O7S/c1-25-5-12-31(13-6-25)46(40,41)38-23-35(32(21-28(38)20-29(39)22-36)27-8-10-30(43-3)11-9-27)45-24-26-7-14-34-33(19-26)37(16-18-44-34)15-4-17-42-2/h5-14,19,28-29,32,35,39H,4,15-18,20-21,23-24H2,1-3H3/t28-,29+,32+,35-/m0/s1. The number of ether oxygens (including phenoxy) is 4. The minimum Gasteiger partial charge on any atom is -0.497 e. The highest BCUT2D eigenvalue weighted by molar-refractivity contribution is 7.89. The summed E-state index contributed by atoms with van der Waals surface area (Å²) in [6.07, 6.45) is -0.556. The van der Waals surface area contributed by atoms with E-state index in [1.165, 1.54) is 4.31 Å². The first-order chi connectivity index (χ1) is 22.2.